The van der Waals surface area contributed by atoms with Crippen molar-refractivity contribution in [1.29, 1.82) is 0 Å². The molecule has 2 rings (SSSR count). The minimum atomic E-state index is 0.724. The molecule has 0 bridgehead atoms. The lowest BCUT2D eigenvalue weighted by Gasteiger charge is -2.33. The van der Waals surface area contributed by atoms with Crippen molar-refractivity contribution in [3.63, 3.8) is 0 Å². The van der Waals surface area contributed by atoms with E-state index in [1.165, 1.54) is 37.2 Å². The molecule has 0 unspecified atom stereocenters. The minimum absolute atomic E-state index is 0.724. The molecule has 0 spiro atoms. The summed E-state index contributed by atoms with van der Waals surface area (Å²) in [5.74, 6) is 0. The van der Waals surface area contributed by atoms with E-state index in [-0.39, 0.29) is 0 Å². The third kappa shape index (κ3) is 2.72. The summed E-state index contributed by atoms with van der Waals surface area (Å²) < 4.78 is 0.969. The Morgan fingerprint density at radius 2 is 2.20 bits per heavy atom. The minimum Gasteiger partial charge on any atom is -0.345 e. The second-order valence-electron chi connectivity index (χ2n) is 4.03. The molecule has 0 aromatic carbocycles. The molecule has 0 amide bonds. The summed E-state index contributed by atoms with van der Waals surface area (Å²) in [4.78, 5) is 6.99. The van der Waals surface area contributed by atoms with E-state index in [9.17, 15) is 0 Å². The van der Waals surface area contributed by atoms with Crippen LogP contribution in [0.4, 0.5) is 5.13 Å². The normalized spacial score (nSPS) is 18.0. The summed E-state index contributed by atoms with van der Waals surface area (Å²) in [5.41, 5.74) is 0. The van der Waals surface area contributed by atoms with Gasteiger partial charge in [-0.25, -0.2) is 4.98 Å². The fraction of sp³-hybridized carbons (Fsp3) is 0.727. The highest BCUT2D eigenvalue weighted by Gasteiger charge is 2.21. The van der Waals surface area contributed by atoms with Crippen LogP contribution in [0, 0.1) is 0 Å². The maximum Gasteiger partial charge on any atom is 0.186 e. The molecule has 0 saturated heterocycles. The van der Waals surface area contributed by atoms with E-state index in [2.05, 4.69) is 38.1 Å². The molecule has 2 nitrogen and oxygen atoms in total. The van der Waals surface area contributed by atoms with Crippen LogP contribution in [-0.4, -0.2) is 17.6 Å². The molecule has 1 aromatic rings. The van der Waals surface area contributed by atoms with Crippen LogP contribution in [0.15, 0.2) is 9.98 Å². The Hall–Kier alpha value is -0.0900. The molecule has 1 aliphatic carbocycles. The molecule has 0 radical (unpaired) electrons. The summed E-state index contributed by atoms with van der Waals surface area (Å²) >= 11 is 5.17. The average molecular weight is 289 g/mol. The van der Waals surface area contributed by atoms with Gasteiger partial charge in [0, 0.05) is 18.0 Å². The lowest BCUT2D eigenvalue weighted by Crippen LogP contribution is -2.36. The van der Waals surface area contributed by atoms with Gasteiger partial charge in [-0.2, -0.15) is 0 Å². The highest BCUT2D eigenvalue weighted by atomic mass is 79.9. The number of hydrogen-bond donors (Lipinski definition) is 0. The van der Waals surface area contributed by atoms with Gasteiger partial charge in [-0.1, -0.05) is 19.3 Å². The number of rotatable bonds is 3. The first-order valence-corrected chi connectivity index (χ1v) is 7.36. The Morgan fingerprint density at radius 1 is 1.47 bits per heavy atom. The van der Waals surface area contributed by atoms with Crippen molar-refractivity contribution in [2.45, 2.75) is 45.1 Å². The Morgan fingerprint density at radius 3 is 2.73 bits per heavy atom. The first-order valence-electron chi connectivity index (χ1n) is 5.69. The van der Waals surface area contributed by atoms with E-state index in [4.69, 9.17) is 0 Å². The number of nitrogens with zero attached hydrogens (tertiary/aromatic N) is 2. The van der Waals surface area contributed by atoms with Gasteiger partial charge in [0.25, 0.3) is 0 Å². The third-order valence-electron chi connectivity index (χ3n) is 3.07. The molecule has 0 aliphatic heterocycles. The quantitative estimate of drug-likeness (QED) is 0.834. The van der Waals surface area contributed by atoms with Crippen LogP contribution < -0.4 is 4.90 Å². The first kappa shape index (κ1) is 11.4. The van der Waals surface area contributed by atoms with Gasteiger partial charge in [0.2, 0.25) is 0 Å². The maximum atomic E-state index is 4.52. The zero-order valence-electron chi connectivity index (χ0n) is 9.08. The van der Waals surface area contributed by atoms with Crippen molar-refractivity contribution < 1.29 is 0 Å². The number of halogens is 1. The van der Waals surface area contributed by atoms with Gasteiger partial charge >= 0.3 is 0 Å². The predicted octanol–water partition coefficient (Wildman–Crippen LogP) is 4.06. The van der Waals surface area contributed by atoms with Crippen molar-refractivity contribution in [3.05, 3.63) is 9.98 Å². The molecule has 1 fully saturated rings. The monoisotopic (exact) mass is 288 g/mol. The summed E-state index contributed by atoms with van der Waals surface area (Å²) in [6.07, 6.45) is 6.85. The predicted molar refractivity (Wildman–Crippen MR) is 69.7 cm³/mol. The highest BCUT2D eigenvalue weighted by Crippen LogP contribution is 2.30. The van der Waals surface area contributed by atoms with E-state index < -0.39 is 0 Å². The highest BCUT2D eigenvalue weighted by molar-refractivity contribution is 9.10. The van der Waals surface area contributed by atoms with Gasteiger partial charge in [-0.3, -0.25) is 0 Å². The molecule has 0 N–H and O–H groups in total. The van der Waals surface area contributed by atoms with Crippen molar-refractivity contribution in [3.8, 4) is 0 Å². The van der Waals surface area contributed by atoms with Crippen LogP contribution in [0.3, 0.4) is 0 Å². The second-order valence-corrected chi connectivity index (χ2v) is 5.68. The van der Waals surface area contributed by atoms with Crippen molar-refractivity contribution in [2.24, 2.45) is 0 Å². The summed E-state index contributed by atoms with van der Waals surface area (Å²) in [7, 11) is 0. The molecule has 1 aliphatic rings. The fourth-order valence-electron chi connectivity index (χ4n) is 2.32. The van der Waals surface area contributed by atoms with E-state index in [0.29, 0.717) is 0 Å². The van der Waals surface area contributed by atoms with Crippen LogP contribution in [0.2, 0.25) is 0 Å². The van der Waals surface area contributed by atoms with E-state index in [1.54, 1.807) is 11.3 Å². The Balaban J connectivity index is 2.08. The number of anilines is 1. The van der Waals surface area contributed by atoms with Gasteiger partial charge in [0.05, 0.1) is 0 Å². The molecule has 1 heterocycles. The molecular weight excluding hydrogens is 272 g/mol. The second kappa shape index (κ2) is 5.30. The zero-order valence-corrected chi connectivity index (χ0v) is 11.5. The van der Waals surface area contributed by atoms with E-state index in [1.807, 2.05) is 0 Å². The summed E-state index contributed by atoms with van der Waals surface area (Å²) in [6.45, 7) is 3.30. The van der Waals surface area contributed by atoms with Crippen molar-refractivity contribution >= 4 is 32.4 Å². The van der Waals surface area contributed by atoms with Crippen molar-refractivity contribution in [2.75, 3.05) is 11.4 Å². The molecule has 0 atom stereocenters. The molecule has 4 heteroatoms. The number of thiazole rings is 1. The van der Waals surface area contributed by atoms with Crippen LogP contribution in [0.25, 0.3) is 0 Å². The Labute approximate surface area is 104 Å². The third-order valence-corrected chi connectivity index (χ3v) is 4.65. The number of hydrogen-bond acceptors (Lipinski definition) is 3. The topological polar surface area (TPSA) is 16.1 Å². The lowest BCUT2D eigenvalue weighted by atomic mass is 9.94. The van der Waals surface area contributed by atoms with Gasteiger partial charge < -0.3 is 4.90 Å². The van der Waals surface area contributed by atoms with Crippen LogP contribution >= 0.6 is 27.3 Å². The zero-order chi connectivity index (χ0) is 10.7. The standard InChI is InChI=1S/C11H17BrN2S/c1-2-14(9-6-4-3-5-7-9)11-13-10(12)8-15-11/h8-9H,2-7H2,1H3. The number of aromatic nitrogens is 1. The summed E-state index contributed by atoms with van der Waals surface area (Å²) in [5, 5.41) is 3.25. The Bertz CT molecular complexity index is 307. The smallest absolute Gasteiger partial charge is 0.186 e. The molecule has 1 aromatic heterocycles. The maximum absolute atomic E-state index is 4.52. The largest absolute Gasteiger partial charge is 0.345 e. The fourth-order valence-corrected chi connectivity index (χ4v) is 3.71. The Kier molecular flexibility index (Phi) is 4.03. The van der Waals surface area contributed by atoms with Gasteiger partial charge in [0.1, 0.15) is 4.60 Å². The van der Waals surface area contributed by atoms with Crippen LogP contribution in [-0.2, 0) is 0 Å². The van der Waals surface area contributed by atoms with E-state index >= 15 is 0 Å². The van der Waals surface area contributed by atoms with E-state index in [0.717, 1.165) is 17.2 Å². The first-order chi connectivity index (χ1) is 7.31. The molecule has 1 saturated carbocycles. The van der Waals surface area contributed by atoms with Crippen LogP contribution in [0.1, 0.15) is 39.0 Å². The van der Waals surface area contributed by atoms with Gasteiger partial charge in [0.15, 0.2) is 5.13 Å². The average Bonchev–Trinajstić information content (AvgIpc) is 2.68. The van der Waals surface area contributed by atoms with Crippen LogP contribution in [0.5, 0.6) is 0 Å². The molecular formula is C11H17BrN2S. The van der Waals surface area contributed by atoms with Crippen molar-refractivity contribution in [1.82, 2.24) is 4.98 Å². The SMILES string of the molecule is CCN(c1nc(Br)cs1)C1CCCCC1. The van der Waals surface area contributed by atoms with Gasteiger partial charge in [-0.05, 0) is 35.7 Å². The van der Waals surface area contributed by atoms with Gasteiger partial charge in [-0.15, -0.1) is 11.3 Å². The molecule has 15 heavy (non-hydrogen) atoms. The summed E-state index contributed by atoms with van der Waals surface area (Å²) in [6, 6.07) is 0.724. The lowest BCUT2D eigenvalue weighted by molar-refractivity contribution is 0.418. The molecule has 84 valence electrons.